The van der Waals surface area contributed by atoms with Crippen LogP contribution in [0.1, 0.15) is 77.9 Å². The fourth-order valence-electron chi connectivity index (χ4n) is 5.34. The van der Waals surface area contributed by atoms with E-state index in [0.29, 0.717) is 32.5 Å². The van der Waals surface area contributed by atoms with Crippen LogP contribution in [0.3, 0.4) is 0 Å². The van der Waals surface area contributed by atoms with E-state index in [1.165, 1.54) is 19.1 Å². The number of carbonyl (C=O) groups is 2. The Balaban J connectivity index is 1.98. The van der Waals surface area contributed by atoms with E-state index in [4.69, 9.17) is 10.5 Å². The molecule has 0 bridgehead atoms. The summed E-state index contributed by atoms with van der Waals surface area (Å²) in [6.45, 7) is 8.18. The van der Waals surface area contributed by atoms with Gasteiger partial charge in [-0.3, -0.25) is 4.79 Å². The fourth-order valence-corrected chi connectivity index (χ4v) is 6.64. The molecule has 0 fully saturated rings. The van der Waals surface area contributed by atoms with Crippen LogP contribution in [0.2, 0.25) is 0 Å². The van der Waals surface area contributed by atoms with Crippen LogP contribution in [-0.4, -0.2) is 74.7 Å². The summed E-state index contributed by atoms with van der Waals surface area (Å²) < 4.78 is 62.8. The second kappa shape index (κ2) is 18.9. The van der Waals surface area contributed by atoms with E-state index in [2.05, 4.69) is 10.0 Å². The van der Waals surface area contributed by atoms with Gasteiger partial charge in [-0.1, -0.05) is 45.0 Å². The molecule has 3 atom stereocenters. The highest BCUT2D eigenvalue weighted by molar-refractivity contribution is 7.89. The Hall–Kier alpha value is -3.75. The lowest BCUT2D eigenvalue weighted by Gasteiger charge is -2.25. The Bertz CT molecular complexity index is 1650. The van der Waals surface area contributed by atoms with Crippen LogP contribution in [0.25, 0.3) is 0 Å². The van der Waals surface area contributed by atoms with Gasteiger partial charge in [-0.05, 0) is 79.6 Å². The second-order valence-corrected chi connectivity index (χ2v) is 13.9. The average molecular weight is 703 g/mol. The topological polar surface area (TPSA) is 151 Å². The Labute approximate surface area is 288 Å². The van der Waals surface area contributed by atoms with Gasteiger partial charge in [0.05, 0.1) is 17.1 Å². The number of hydrogen-bond donors (Lipinski definition) is 4. The number of nitrogens with two attached hydrogens (primary N) is 1. The summed E-state index contributed by atoms with van der Waals surface area (Å²) in [6, 6.07) is 12.8. The maximum atomic E-state index is 14.0. The number of amides is 1. The van der Waals surface area contributed by atoms with Gasteiger partial charge >= 0.3 is 5.97 Å². The lowest BCUT2D eigenvalue weighted by molar-refractivity contribution is 0.0237. The van der Waals surface area contributed by atoms with E-state index in [9.17, 15) is 31.9 Å². The SMILES string of the molecule is CCCN(CCC)C(=O)c1cc(C(=O)O[C@H](CNCc2cccc(CC)c2)[C@@H](N)Cc2cc(F)cc(F)c2)cc(S(=O)(=O)N[C@@H](C)CO)c1. The molecule has 0 saturated carbocycles. The van der Waals surface area contributed by atoms with E-state index >= 15 is 0 Å². The Kier molecular flexibility index (Phi) is 15.3. The van der Waals surface area contributed by atoms with E-state index in [-0.39, 0.29) is 34.6 Å². The monoisotopic (exact) mass is 702 g/mol. The van der Waals surface area contributed by atoms with Gasteiger partial charge in [0.1, 0.15) is 17.7 Å². The molecule has 3 aromatic carbocycles. The van der Waals surface area contributed by atoms with Crippen molar-refractivity contribution in [3.63, 3.8) is 0 Å². The third-order valence-electron chi connectivity index (χ3n) is 7.81. The molecule has 0 aliphatic rings. The predicted octanol–water partition coefficient (Wildman–Crippen LogP) is 4.33. The number of aryl methyl sites for hydroxylation is 1. The van der Waals surface area contributed by atoms with E-state index in [1.54, 1.807) is 4.90 Å². The number of halogens is 2. The molecule has 1 amide bonds. The van der Waals surface area contributed by atoms with Gasteiger partial charge in [0, 0.05) is 49.9 Å². The first-order chi connectivity index (χ1) is 23.3. The Morgan fingerprint density at radius 3 is 2.16 bits per heavy atom. The Morgan fingerprint density at radius 1 is 0.918 bits per heavy atom. The quantitative estimate of drug-likeness (QED) is 0.135. The minimum Gasteiger partial charge on any atom is -0.456 e. The third-order valence-corrected chi connectivity index (χ3v) is 9.38. The maximum Gasteiger partial charge on any atom is 0.338 e. The summed E-state index contributed by atoms with van der Waals surface area (Å²) in [5, 5.41) is 12.7. The summed E-state index contributed by atoms with van der Waals surface area (Å²) in [5.74, 6) is -2.95. The van der Waals surface area contributed by atoms with Gasteiger partial charge in [-0.25, -0.2) is 26.7 Å². The van der Waals surface area contributed by atoms with Crippen LogP contribution >= 0.6 is 0 Å². The van der Waals surface area contributed by atoms with Gasteiger partial charge in [-0.15, -0.1) is 0 Å². The van der Waals surface area contributed by atoms with Crippen molar-refractivity contribution in [3.05, 3.63) is 100 Å². The number of sulfonamides is 1. The minimum atomic E-state index is -4.27. The summed E-state index contributed by atoms with van der Waals surface area (Å²) in [6.07, 6.45) is 1.11. The summed E-state index contributed by atoms with van der Waals surface area (Å²) in [7, 11) is -4.27. The third kappa shape index (κ3) is 12.0. The molecule has 49 heavy (non-hydrogen) atoms. The van der Waals surface area contributed by atoms with Crippen molar-refractivity contribution in [3.8, 4) is 0 Å². The zero-order chi connectivity index (χ0) is 36.1. The summed E-state index contributed by atoms with van der Waals surface area (Å²) >= 11 is 0. The highest BCUT2D eigenvalue weighted by Crippen LogP contribution is 2.21. The zero-order valence-electron chi connectivity index (χ0n) is 28.5. The van der Waals surface area contributed by atoms with Crippen molar-refractivity contribution in [1.29, 1.82) is 0 Å². The van der Waals surface area contributed by atoms with Crippen molar-refractivity contribution < 1.29 is 36.6 Å². The summed E-state index contributed by atoms with van der Waals surface area (Å²) in [5.41, 5.74) is 8.66. The number of rotatable bonds is 19. The van der Waals surface area contributed by atoms with Crippen molar-refractivity contribution in [2.24, 2.45) is 5.73 Å². The van der Waals surface area contributed by atoms with Crippen LogP contribution in [0, 0.1) is 11.6 Å². The average Bonchev–Trinajstić information content (AvgIpc) is 3.06. The zero-order valence-corrected chi connectivity index (χ0v) is 29.4. The van der Waals surface area contributed by atoms with Crippen LogP contribution in [0.4, 0.5) is 8.78 Å². The lowest BCUT2D eigenvalue weighted by atomic mass is 10.0. The van der Waals surface area contributed by atoms with Gasteiger partial charge < -0.3 is 25.8 Å². The molecular formula is C36H48F2N4O6S. The molecule has 0 aliphatic carbocycles. The molecule has 0 saturated heterocycles. The molecule has 0 aliphatic heterocycles. The van der Waals surface area contributed by atoms with Crippen molar-refractivity contribution in [1.82, 2.24) is 14.9 Å². The standard InChI is InChI=1S/C36H48F2N4O6S/c1-5-11-42(12-6-2)35(44)28-17-29(19-32(18-28)49(46,47)41-24(4)23-43)36(45)48-34(22-40-21-26-10-8-9-25(7-3)13-26)33(39)16-27-14-30(37)20-31(38)15-27/h8-10,13-15,17-20,24,33-34,40-41,43H,5-7,11-12,16,21-23,39H2,1-4H3/t24-,33-,34+/m0/s1. The molecule has 0 unspecified atom stereocenters. The van der Waals surface area contributed by atoms with Crippen LogP contribution < -0.4 is 15.8 Å². The molecule has 0 radical (unpaired) electrons. The number of carbonyl (C=O) groups excluding carboxylic acids is 2. The molecule has 3 rings (SSSR count). The molecule has 268 valence electrons. The number of nitrogens with zero attached hydrogens (tertiary/aromatic N) is 1. The number of benzene rings is 3. The van der Waals surface area contributed by atoms with E-state index in [0.717, 1.165) is 41.8 Å². The first kappa shape index (κ1) is 39.7. The van der Waals surface area contributed by atoms with Crippen molar-refractivity contribution in [2.45, 2.75) is 83.0 Å². The number of nitrogens with one attached hydrogen (secondary N) is 2. The molecule has 0 heterocycles. The molecule has 13 heteroatoms. The molecule has 10 nitrogen and oxygen atoms in total. The summed E-state index contributed by atoms with van der Waals surface area (Å²) in [4.78, 5) is 28.6. The van der Waals surface area contributed by atoms with Gasteiger partial charge in [0.15, 0.2) is 0 Å². The first-order valence-corrected chi connectivity index (χ1v) is 18.1. The normalized spacial score (nSPS) is 13.5. The van der Waals surface area contributed by atoms with Crippen molar-refractivity contribution in [2.75, 3.05) is 26.2 Å². The molecule has 0 aromatic heterocycles. The molecule has 0 spiro atoms. The van der Waals surface area contributed by atoms with E-state index < -0.39 is 58.3 Å². The van der Waals surface area contributed by atoms with Crippen LogP contribution in [0.5, 0.6) is 0 Å². The largest absolute Gasteiger partial charge is 0.456 e. The van der Waals surface area contributed by atoms with Crippen molar-refractivity contribution >= 4 is 21.9 Å². The van der Waals surface area contributed by atoms with Gasteiger partial charge in [0.25, 0.3) is 5.91 Å². The lowest BCUT2D eigenvalue weighted by Crippen LogP contribution is -2.46. The molecule has 3 aromatic rings. The van der Waals surface area contributed by atoms with Gasteiger partial charge in [-0.2, -0.15) is 0 Å². The smallest absolute Gasteiger partial charge is 0.338 e. The fraction of sp³-hybridized carbons (Fsp3) is 0.444. The highest BCUT2D eigenvalue weighted by Gasteiger charge is 2.28. The van der Waals surface area contributed by atoms with Crippen LogP contribution in [0.15, 0.2) is 65.6 Å². The van der Waals surface area contributed by atoms with Gasteiger partial charge in [0.2, 0.25) is 10.0 Å². The predicted molar refractivity (Wildman–Crippen MR) is 185 cm³/mol. The number of hydrogen-bond acceptors (Lipinski definition) is 8. The molecular weight excluding hydrogens is 654 g/mol. The Morgan fingerprint density at radius 2 is 1.55 bits per heavy atom. The maximum absolute atomic E-state index is 14.0. The number of aliphatic hydroxyl groups excluding tert-OH is 1. The second-order valence-electron chi connectivity index (χ2n) is 12.1. The number of esters is 1. The van der Waals surface area contributed by atoms with Crippen LogP contribution in [-0.2, 0) is 34.1 Å². The first-order valence-electron chi connectivity index (χ1n) is 16.6. The number of ether oxygens (including phenoxy) is 1. The molecule has 5 N–H and O–H groups in total. The number of aliphatic hydroxyl groups is 1. The van der Waals surface area contributed by atoms with E-state index in [1.807, 2.05) is 45.0 Å². The highest BCUT2D eigenvalue weighted by atomic mass is 32.2. The minimum absolute atomic E-state index is 0.0293.